The van der Waals surface area contributed by atoms with E-state index in [2.05, 4.69) is 5.32 Å². The molecule has 6 heteroatoms. The van der Waals surface area contributed by atoms with E-state index < -0.39 is 9.84 Å². The van der Waals surface area contributed by atoms with Crippen LogP contribution in [0.5, 0.6) is 0 Å². The molecule has 1 saturated heterocycles. The summed E-state index contributed by atoms with van der Waals surface area (Å²) in [6.45, 7) is 1.99. The Balaban J connectivity index is 2.32. The number of hydrogen-bond donors (Lipinski definition) is 1. The van der Waals surface area contributed by atoms with Crippen LogP contribution in [0.3, 0.4) is 0 Å². The molecule has 0 amide bonds. The summed E-state index contributed by atoms with van der Waals surface area (Å²) in [5, 5.41) is 4.24. The topological polar surface area (TPSA) is 46.2 Å². The van der Waals surface area contributed by atoms with Crippen molar-refractivity contribution < 1.29 is 8.42 Å². The highest BCUT2D eigenvalue weighted by Crippen LogP contribution is 2.27. The van der Waals surface area contributed by atoms with Gasteiger partial charge in [-0.1, -0.05) is 29.3 Å². The van der Waals surface area contributed by atoms with Crippen LogP contribution in [0.1, 0.15) is 24.9 Å². The lowest BCUT2D eigenvalue weighted by Gasteiger charge is -2.19. The molecule has 3 nitrogen and oxygen atoms in total. The van der Waals surface area contributed by atoms with Crippen molar-refractivity contribution in [2.45, 2.75) is 25.4 Å². The summed E-state index contributed by atoms with van der Waals surface area (Å²) in [7, 11) is -3.01. The van der Waals surface area contributed by atoms with Crippen molar-refractivity contribution in [3.05, 3.63) is 33.8 Å². The first-order valence-electron chi connectivity index (χ1n) is 5.79. The normalized spacial score (nSPS) is 27.7. The second-order valence-electron chi connectivity index (χ2n) is 4.70. The predicted molar refractivity (Wildman–Crippen MR) is 75.1 cm³/mol. The standard InChI is InChI=1S/C12H15Cl2NO2S/c1-8-4-5-18(16,17)7-12(15-8)9-2-3-10(13)11(14)6-9/h2-3,6,8,12,15H,4-5,7H2,1H3. The number of nitrogens with one attached hydrogen (secondary N) is 1. The van der Waals surface area contributed by atoms with Gasteiger partial charge in [-0.25, -0.2) is 8.42 Å². The molecule has 0 radical (unpaired) electrons. The van der Waals surface area contributed by atoms with Crippen LogP contribution >= 0.6 is 23.2 Å². The van der Waals surface area contributed by atoms with Crippen LogP contribution in [0.2, 0.25) is 10.0 Å². The maximum atomic E-state index is 11.9. The van der Waals surface area contributed by atoms with Crippen molar-refractivity contribution in [2.75, 3.05) is 11.5 Å². The molecule has 18 heavy (non-hydrogen) atoms. The lowest BCUT2D eigenvalue weighted by atomic mass is 10.1. The molecule has 1 aliphatic heterocycles. The Bertz CT molecular complexity index is 545. The van der Waals surface area contributed by atoms with Gasteiger partial charge >= 0.3 is 0 Å². The van der Waals surface area contributed by atoms with Crippen molar-refractivity contribution in [3.63, 3.8) is 0 Å². The molecule has 2 unspecified atom stereocenters. The Kier molecular flexibility index (Phi) is 4.22. The van der Waals surface area contributed by atoms with Gasteiger partial charge in [0.1, 0.15) is 0 Å². The van der Waals surface area contributed by atoms with Gasteiger partial charge in [-0.15, -0.1) is 0 Å². The van der Waals surface area contributed by atoms with Crippen LogP contribution in [0.25, 0.3) is 0 Å². The van der Waals surface area contributed by atoms with E-state index in [4.69, 9.17) is 23.2 Å². The minimum absolute atomic E-state index is 0.106. The summed E-state index contributed by atoms with van der Waals surface area (Å²) in [5.74, 6) is 0.342. The van der Waals surface area contributed by atoms with Crippen LogP contribution in [-0.2, 0) is 9.84 Å². The number of sulfone groups is 1. The largest absolute Gasteiger partial charge is 0.307 e. The fourth-order valence-corrected chi connectivity index (χ4v) is 4.07. The Hall–Kier alpha value is -0.290. The molecule has 0 spiro atoms. The summed E-state index contributed by atoms with van der Waals surface area (Å²) < 4.78 is 23.7. The molecule has 1 fully saturated rings. The molecule has 2 rings (SSSR count). The Morgan fingerprint density at radius 1 is 1.28 bits per heavy atom. The fraction of sp³-hybridized carbons (Fsp3) is 0.500. The van der Waals surface area contributed by atoms with E-state index in [1.54, 1.807) is 12.1 Å². The Morgan fingerprint density at radius 3 is 2.67 bits per heavy atom. The second kappa shape index (κ2) is 5.37. The summed E-state index contributed by atoms with van der Waals surface area (Å²) in [4.78, 5) is 0. The average molecular weight is 308 g/mol. The van der Waals surface area contributed by atoms with E-state index in [9.17, 15) is 8.42 Å². The molecule has 1 N–H and O–H groups in total. The van der Waals surface area contributed by atoms with Gasteiger partial charge in [0, 0.05) is 12.1 Å². The summed E-state index contributed by atoms with van der Waals surface area (Å²) in [5.41, 5.74) is 0.863. The number of halogens is 2. The third-order valence-corrected chi connectivity index (χ3v) is 5.55. The van der Waals surface area contributed by atoms with Gasteiger partial charge in [-0.3, -0.25) is 0 Å². The minimum atomic E-state index is -3.01. The lowest BCUT2D eigenvalue weighted by molar-refractivity contribution is 0.484. The van der Waals surface area contributed by atoms with Crippen LogP contribution in [0.4, 0.5) is 0 Å². The number of hydrogen-bond acceptors (Lipinski definition) is 3. The molecule has 1 heterocycles. The van der Waals surface area contributed by atoms with Gasteiger partial charge in [0.2, 0.25) is 0 Å². The third kappa shape index (κ3) is 3.38. The molecule has 100 valence electrons. The van der Waals surface area contributed by atoms with E-state index >= 15 is 0 Å². The highest BCUT2D eigenvalue weighted by Gasteiger charge is 2.26. The van der Waals surface area contributed by atoms with Crippen LogP contribution < -0.4 is 5.32 Å². The van der Waals surface area contributed by atoms with Gasteiger partial charge in [-0.05, 0) is 31.0 Å². The maximum absolute atomic E-state index is 11.9. The summed E-state index contributed by atoms with van der Waals surface area (Å²) >= 11 is 11.8. The Labute approximate surface area is 117 Å². The van der Waals surface area contributed by atoms with E-state index in [-0.39, 0.29) is 23.6 Å². The first-order chi connectivity index (χ1) is 8.37. The van der Waals surface area contributed by atoms with Crippen molar-refractivity contribution in [2.24, 2.45) is 0 Å². The van der Waals surface area contributed by atoms with E-state index in [0.717, 1.165) is 5.56 Å². The summed E-state index contributed by atoms with van der Waals surface area (Å²) in [6.07, 6.45) is 0.639. The smallest absolute Gasteiger partial charge is 0.152 e. The van der Waals surface area contributed by atoms with Gasteiger partial charge in [0.05, 0.1) is 21.6 Å². The van der Waals surface area contributed by atoms with E-state index in [0.29, 0.717) is 16.5 Å². The number of benzene rings is 1. The SMILES string of the molecule is CC1CCS(=O)(=O)CC(c2ccc(Cl)c(Cl)c2)N1. The molecule has 1 aromatic carbocycles. The summed E-state index contributed by atoms with van der Waals surface area (Å²) in [6, 6.07) is 5.20. The quantitative estimate of drug-likeness (QED) is 0.868. The molecule has 1 aliphatic rings. The van der Waals surface area contributed by atoms with Crippen molar-refractivity contribution in [3.8, 4) is 0 Å². The first kappa shape index (κ1) is 14.1. The zero-order chi connectivity index (χ0) is 13.3. The van der Waals surface area contributed by atoms with E-state index in [1.165, 1.54) is 0 Å². The van der Waals surface area contributed by atoms with Crippen LogP contribution in [0, 0.1) is 0 Å². The third-order valence-electron chi connectivity index (χ3n) is 3.11. The lowest BCUT2D eigenvalue weighted by Crippen LogP contribution is -2.30. The van der Waals surface area contributed by atoms with Crippen molar-refractivity contribution in [1.29, 1.82) is 0 Å². The zero-order valence-electron chi connectivity index (χ0n) is 9.99. The monoisotopic (exact) mass is 307 g/mol. The molecule has 0 aliphatic carbocycles. The van der Waals surface area contributed by atoms with Crippen LogP contribution in [-0.4, -0.2) is 26.0 Å². The Morgan fingerprint density at radius 2 is 2.00 bits per heavy atom. The first-order valence-corrected chi connectivity index (χ1v) is 8.36. The van der Waals surface area contributed by atoms with Gasteiger partial charge in [0.15, 0.2) is 9.84 Å². The van der Waals surface area contributed by atoms with Crippen molar-refractivity contribution in [1.82, 2.24) is 5.32 Å². The molecular weight excluding hydrogens is 293 g/mol. The van der Waals surface area contributed by atoms with Gasteiger partial charge in [-0.2, -0.15) is 0 Å². The second-order valence-corrected chi connectivity index (χ2v) is 7.74. The number of rotatable bonds is 1. The molecule has 2 atom stereocenters. The molecule has 0 aromatic heterocycles. The van der Waals surface area contributed by atoms with E-state index in [1.807, 2.05) is 13.0 Å². The molecule has 0 bridgehead atoms. The molecule has 0 saturated carbocycles. The van der Waals surface area contributed by atoms with Crippen LogP contribution in [0.15, 0.2) is 18.2 Å². The zero-order valence-corrected chi connectivity index (χ0v) is 12.3. The molecule has 1 aromatic rings. The highest BCUT2D eigenvalue weighted by molar-refractivity contribution is 7.91. The maximum Gasteiger partial charge on any atom is 0.152 e. The molecular formula is C12H15Cl2NO2S. The van der Waals surface area contributed by atoms with Gasteiger partial charge < -0.3 is 5.32 Å². The minimum Gasteiger partial charge on any atom is -0.307 e. The fourth-order valence-electron chi connectivity index (χ4n) is 2.09. The van der Waals surface area contributed by atoms with Gasteiger partial charge in [0.25, 0.3) is 0 Å². The predicted octanol–water partition coefficient (Wildman–Crippen LogP) is 2.83. The van der Waals surface area contributed by atoms with Crippen molar-refractivity contribution >= 4 is 33.0 Å². The average Bonchev–Trinajstić information content (AvgIpc) is 2.42. The highest BCUT2D eigenvalue weighted by atomic mass is 35.5.